The van der Waals surface area contributed by atoms with Crippen LogP contribution >= 0.6 is 23.4 Å². The van der Waals surface area contributed by atoms with Crippen LogP contribution in [0.3, 0.4) is 0 Å². The molecule has 0 aliphatic heterocycles. The number of ether oxygens (including phenoxy) is 1. The lowest BCUT2D eigenvalue weighted by Crippen LogP contribution is -2.24. The molecule has 6 nitrogen and oxygen atoms in total. The van der Waals surface area contributed by atoms with Crippen LogP contribution in [0.4, 0.5) is 4.39 Å². The minimum absolute atomic E-state index is 0.158. The van der Waals surface area contributed by atoms with Gasteiger partial charge in [-0.2, -0.15) is 0 Å². The maximum absolute atomic E-state index is 13.5. The summed E-state index contributed by atoms with van der Waals surface area (Å²) >= 11 is 7.62. The number of nitrogens with one attached hydrogen (secondary N) is 1. The van der Waals surface area contributed by atoms with Crippen LogP contribution in [-0.4, -0.2) is 27.8 Å². The molecular weight excluding hydrogens is 463 g/mol. The second kappa shape index (κ2) is 10.5. The maximum Gasteiger partial charge on any atom is 0.251 e. The molecule has 0 unspecified atom stereocenters. The van der Waals surface area contributed by atoms with Crippen molar-refractivity contribution in [1.29, 1.82) is 0 Å². The van der Waals surface area contributed by atoms with E-state index in [1.807, 2.05) is 22.8 Å². The Labute approximate surface area is 199 Å². The SMILES string of the molecule is COc1ccc(C(=O)NCc2nnc(SCc3cccc(F)c3)n2-c2cccc(Cl)c2)cc1. The second-order valence-corrected chi connectivity index (χ2v) is 8.42. The quantitative estimate of drug-likeness (QED) is 0.345. The molecule has 0 aliphatic carbocycles. The molecule has 33 heavy (non-hydrogen) atoms. The number of amides is 1. The molecule has 3 aromatic carbocycles. The van der Waals surface area contributed by atoms with E-state index in [1.165, 1.54) is 23.9 Å². The largest absolute Gasteiger partial charge is 0.497 e. The van der Waals surface area contributed by atoms with Crippen molar-refractivity contribution in [3.63, 3.8) is 0 Å². The highest BCUT2D eigenvalue weighted by molar-refractivity contribution is 7.98. The number of hydrogen-bond donors (Lipinski definition) is 1. The summed E-state index contributed by atoms with van der Waals surface area (Å²) in [5, 5.41) is 12.6. The molecule has 0 bridgehead atoms. The predicted octanol–water partition coefficient (Wildman–Crippen LogP) is 5.29. The van der Waals surface area contributed by atoms with Crippen molar-refractivity contribution in [2.45, 2.75) is 17.5 Å². The minimum atomic E-state index is -0.286. The third-order valence-corrected chi connectivity index (χ3v) is 6.02. The van der Waals surface area contributed by atoms with E-state index in [0.29, 0.717) is 33.1 Å². The minimum Gasteiger partial charge on any atom is -0.497 e. The van der Waals surface area contributed by atoms with Crippen molar-refractivity contribution in [1.82, 2.24) is 20.1 Å². The van der Waals surface area contributed by atoms with Gasteiger partial charge in [-0.25, -0.2) is 4.39 Å². The Hall–Kier alpha value is -3.36. The lowest BCUT2D eigenvalue weighted by molar-refractivity contribution is 0.0949. The molecule has 0 spiro atoms. The topological polar surface area (TPSA) is 69.0 Å². The van der Waals surface area contributed by atoms with Gasteiger partial charge < -0.3 is 10.1 Å². The van der Waals surface area contributed by atoms with Gasteiger partial charge in [-0.05, 0) is 60.2 Å². The molecule has 1 heterocycles. The number of thioether (sulfide) groups is 1. The number of halogens is 2. The first-order valence-electron chi connectivity index (χ1n) is 10.0. The van der Waals surface area contributed by atoms with Crippen molar-refractivity contribution < 1.29 is 13.9 Å². The fraction of sp³-hybridized carbons (Fsp3) is 0.125. The van der Waals surface area contributed by atoms with E-state index in [9.17, 15) is 9.18 Å². The van der Waals surface area contributed by atoms with Crippen LogP contribution < -0.4 is 10.1 Å². The Morgan fingerprint density at radius 3 is 2.61 bits per heavy atom. The average molecular weight is 483 g/mol. The van der Waals surface area contributed by atoms with Gasteiger partial charge in [-0.1, -0.05) is 41.6 Å². The van der Waals surface area contributed by atoms with E-state index in [0.717, 1.165) is 11.3 Å². The molecule has 0 aliphatic rings. The maximum atomic E-state index is 13.5. The first-order chi connectivity index (χ1) is 16.0. The fourth-order valence-corrected chi connectivity index (χ4v) is 4.26. The third-order valence-electron chi connectivity index (χ3n) is 4.78. The van der Waals surface area contributed by atoms with Crippen LogP contribution in [-0.2, 0) is 12.3 Å². The molecule has 0 saturated heterocycles. The van der Waals surface area contributed by atoms with Crippen LogP contribution in [0.2, 0.25) is 5.02 Å². The number of methoxy groups -OCH3 is 1. The van der Waals surface area contributed by atoms with E-state index in [-0.39, 0.29) is 18.3 Å². The number of benzene rings is 3. The van der Waals surface area contributed by atoms with Crippen LogP contribution in [0.5, 0.6) is 5.75 Å². The highest BCUT2D eigenvalue weighted by Gasteiger charge is 2.16. The van der Waals surface area contributed by atoms with Crippen molar-refractivity contribution in [3.8, 4) is 11.4 Å². The first-order valence-corrected chi connectivity index (χ1v) is 11.4. The number of carbonyl (C=O) groups excluding carboxylic acids is 1. The Morgan fingerprint density at radius 1 is 1.09 bits per heavy atom. The van der Waals surface area contributed by atoms with Gasteiger partial charge in [0.15, 0.2) is 11.0 Å². The average Bonchev–Trinajstić information content (AvgIpc) is 3.24. The van der Waals surface area contributed by atoms with Crippen molar-refractivity contribution in [3.05, 3.63) is 101 Å². The van der Waals surface area contributed by atoms with Crippen molar-refractivity contribution in [2.75, 3.05) is 7.11 Å². The summed E-state index contributed by atoms with van der Waals surface area (Å²) in [6, 6.07) is 20.6. The van der Waals surface area contributed by atoms with Gasteiger partial charge in [0.1, 0.15) is 11.6 Å². The van der Waals surface area contributed by atoms with Gasteiger partial charge in [0.25, 0.3) is 5.91 Å². The molecule has 1 N–H and O–H groups in total. The molecule has 4 aromatic rings. The molecule has 168 valence electrons. The van der Waals surface area contributed by atoms with Crippen molar-refractivity contribution in [2.24, 2.45) is 0 Å². The molecule has 4 rings (SSSR count). The molecule has 1 amide bonds. The van der Waals surface area contributed by atoms with Crippen LogP contribution in [0.1, 0.15) is 21.7 Å². The van der Waals surface area contributed by atoms with Crippen LogP contribution in [0, 0.1) is 5.82 Å². The number of carbonyl (C=O) groups is 1. The van der Waals surface area contributed by atoms with E-state index >= 15 is 0 Å². The van der Waals surface area contributed by atoms with Gasteiger partial charge in [0, 0.05) is 16.3 Å². The molecule has 0 radical (unpaired) electrons. The zero-order valence-corrected chi connectivity index (χ0v) is 19.2. The highest BCUT2D eigenvalue weighted by atomic mass is 35.5. The smallest absolute Gasteiger partial charge is 0.251 e. The monoisotopic (exact) mass is 482 g/mol. The number of rotatable bonds is 8. The summed E-state index contributed by atoms with van der Waals surface area (Å²) in [6.07, 6.45) is 0. The van der Waals surface area contributed by atoms with E-state index in [4.69, 9.17) is 16.3 Å². The Balaban J connectivity index is 1.55. The lowest BCUT2D eigenvalue weighted by atomic mass is 10.2. The Kier molecular flexibility index (Phi) is 7.26. The summed E-state index contributed by atoms with van der Waals surface area (Å²) in [6.45, 7) is 0.158. The summed E-state index contributed by atoms with van der Waals surface area (Å²) in [7, 11) is 1.57. The number of hydrogen-bond acceptors (Lipinski definition) is 5. The zero-order valence-electron chi connectivity index (χ0n) is 17.7. The van der Waals surface area contributed by atoms with Gasteiger partial charge >= 0.3 is 0 Å². The molecule has 0 fully saturated rings. The highest BCUT2D eigenvalue weighted by Crippen LogP contribution is 2.27. The van der Waals surface area contributed by atoms with Gasteiger partial charge in [0.2, 0.25) is 0 Å². The standard InChI is InChI=1S/C24H20ClFN4O2S/c1-32-21-10-8-17(9-11-21)23(31)27-14-22-28-29-24(30(22)20-7-3-5-18(25)13-20)33-15-16-4-2-6-19(26)12-16/h2-13H,14-15H2,1H3,(H,27,31). The molecule has 0 saturated carbocycles. The lowest BCUT2D eigenvalue weighted by Gasteiger charge is -2.11. The van der Waals surface area contributed by atoms with Crippen molar-refractivity contribution >= 4 is 29.3 Å². The molecular formula is C24H20ClFN4O2S. The molecule has 0 atom stereocenters. The number of aromatic nitrogens is 3. The summed E-state index contributed by atoms with van der Waals surface area (Å²) in [4.78, 5) is 12.6. The predicted molar refractivity (Wildman–Crippen MR) is 126 cm³/mol. The second-order valence-electron chi connectivity index (χ2n) is 7.04. The van der Waals surface area contributed by atoms with E-state index in [1.54, 1.807) is 49.6 Å². The first kappa shape index (κ1) is 22.8. The third kappa shape index (κ3) is 5.71. The van der Waals surface area contributed by atoms with Crippen LogP contribution in [0.25, 0.3) is 5.69 Å². The zero-order chi connectivity index (χ0) is 23.2. The Morgan fingerprint density at radius 2 is 1.88 bits per heavy atom. The number of nitrogens with zero attached hydrogens (tertiary/aromatic N) is 3. The van der Waals surface area contributed by atoms with Gasteiger partial charge in [-0.3, -0.25) is 9.36 Å². The summed E-state index contributed by atoms with van der Waals surface area (Å²) in [5.41, 5.74) is 2.10. The van der Waals surface area contributed by atoms with Gasteiger partial charge in [0.05, 0.1) is 19.3 Å². The molecule has 9 heteroatoms. The Bertz CT molecular complexity index is 1260. The summed E-state index contributed by atoms with van der Waals surface area (Å²) < 4.78 is 20.5. The summed E-state index contributed by atoms with van der Waals surface area (Å²) in [5.74, 6) is 1.20. The van der Waals surface area contributed by atoms with E-state index < -0.39 is 0 Å². The van der Waals surface area contributed by atoms with Gasteiger partial charge in [-0.15, -0.1) is 10.2 Å². The molecule has 1 aromatic heterocycles. The fourth-order valence-electron chi connectivity index (χ4n) is 3.16. The normalized spacial score (nSPS) is 10.8. The van der Waals surface area contributed by atoms with Crippen LogP contribution in [0.15, 0.2) is 78.0 Å². The van der Waals surface area contributed by atoms with E-state index in [2.05, 4.69) is 15.5 Å².